The Labute approximate surface area is 153 Å². The maximum atomic E-state index is 12.1. The van der Waals surface area contributed by atoms with E-state index in [4.69, 9.17) is 4.74 Å². The largest absolute Gasteiger partial charge is 0.423 e. The van der Waals surface area contributed by atoms with Crippen molar-refractivity contribution in [3.8, 4) is 5.75 Å². The van der Waals surface area contributed by atoms with Crippen LogP contribution in [0.2, 0.25) is 0 Å². The molecule has 0 fully saturated rings. The molecule has 0 atom stereocenters. The summed E-state index contributed by atoms with van der Waals surface area (Å²) in [7, 11) is 1.89. The molecule has 0 unspecified atom stereocenters. The van der Waals surface area contributed by atoms with Crippen LogP contribution in [0.15, 0.2) is 90.0 Å². The van der Waals surface area contributed by atoms with Crippen LogP contribution in [0.4, 0.5) is 5.69 Å². The van der Waals surface area contributed by atoms with E-state index in [-0.39, 0.29) is 5.97 Å². The predicted molar refractivity (Wildman–Crippen MR) is 105 cm³/mol. The summed E-state index contributed by atoms with van der Waals surface area (Å²) < 4.78 is 5.39. The molecule has 0 spiro atoms. The number of rotatable bonds is 5. The van der Waals surface area contributed by atoms with Crippen LogP contribution in [0.1, 0.15) is 22.8 Å². The summed E-state index contributed by atoms with van der Waals surface area (Å²) in [5, 5.41) is 6.39. The molecule has 4 nitrogen and oxygen atoms in total. The molecule has 0 amide bonds. The number of hydrogen-bond acceptors (Lipinski definition) is 4. The third-order valence-corrected chi connectivity index (χ3v) is 3.92. The van der Waals surface area contributed by atoms with Crippen molar-refractivity contribution in [2.75, 3.05) is 12.1 Å². The SMILES string of the molecule is CC(=NN(C)c1ccc(OC(=O)c2ccccc2)cc1)c1ccccc1. The molecule has 0 radical (unpaired) electrons. The van der Waals surface area contributed by atoms with E-state index in [1.54, 1.807) is 29.3 Å². The van der Waals surface area contributed by atoms with Crippen LogP contribution in [0.3, 0.4) is 0 Å². The first-order chi connectivity index (χ1) is 12.6. The van der Waals surface area contributed by atoms with Gasteiger partial charge in [-0.2, -0.15) is 5.10 Å². The van der Waals surface area contributed by atoms with Gasteiger partial charge in [-0.05, 0) is 48.9 Å². The number of anilines is 1. The molecule has 26 heavy (non-hydrogen) atoms. The van der Waals surface area contributed by atoms with Crippen LogP contribution in [0.25, 0.3) is 0 Å². The molecule has 0 aromatic heterocycles. The first-order valence-electron chi connectivity index (χ1n) is 8.35. The zero-order valence-corrected chi connectivity index (χ0v) is 14.8. The molecule has 130 valence electrons. The number of hydrazone groups is 1. The van der Waals surface area contributed by atoms with Crippen LogP contribution in [0, 0.1) is 0 Å². The van der Waals surface area contributed by atoms with Crippen LogP contribution in [-0.2, 0) is 0 Å². The average Bonchev–Trinajstić information content (AvgIpc) is 2.69. The second-order valence-electron chi connectivity index (χ2n) is 5.82. The molecule has 0 aliphatic heterocycles. The van der Waals surface area contributed by atoms with Gasteiger partial charge in [-0.3, -0.25) is 5.01 Å². The van der Waals surface area contributed by atoms with E-state index in [1.807, 2.05) is 74.6 Å². The lowest BCUT2D eigenvalue weighted by Crippen LogP contribution is -2.12. The van der Waals surface area contributed by atoms with Gasteiger partial charge in [0.15, 0.2) is 0 Å². The van der Waals surface area contributed by atoms with E-state index in [2.05, 4.69) is 5.10 Å². The van der Waals surface area contributed by atoms with Gasteiger partial charge in [0.2, 0.25) is 0 Å². The standard InChI is InChI=1S/C22H20N2O2/c1-17(18-9-5-3-6-10-18)23-24(2)20-13-15-21(16-14-20)26-22(25)19-11-7-4-8-12-19/h3-16H,1-2H3. The molecule has 4 heteroatoms. The van der Waals surface area contributed by atoms with Crippen molar-refractivity contribution in [3.63, 3.8) is 0 Å². The topological polar surface area (TPSA) is 41.9 Å². The number of benzene rings is 3. The summed E-state index contributed by atoms with van der Waals surface area (Å²) in [5.74, 6) is 0.129. The molecule has 0 N–H and O–H groups in total. The first-order valence-corrected chi connectivity index (χ1v) is 8.35. The van der Waals surface area contributed by atoms with E-state index < -0.39 is 0 Å². The Bertz CT molecular complexity index is 888. The van der Waals surface area contributed by atoms with E-state index >= 15 is 0 Å². The van der Waals surface area contributed by atoms with Gasteiger partial charge in [-0.15, -0.1) is 0 Å². The van der Waals surface area contributed by atoms with Crippen molar-refractivity contribution in [3.05, 3.63) is 96.1 Å². The van der Waals surface area contributed by atoms with Gasteiger partial charge in [0.25, 0.3) is 0 Å². The molecule has 0 heterocycles. The molecular formula is C22H20N2O2. The zero-order chi connectivity index (χ0) is 18.4. The second kappa shape index (κ2) is 8.12. The number of ether oxygens (including phenoxy) is 1. The highest BCUT2D eigenvalue weighted by molar-refractivity contribution is 5.99. The lowest BCUT2D eigenvalue weighted by molar-refractivity contribution is 0.0735. The second-order valence-corrected chi connectivity index (χ2v) is 5.82. The summed E-state index contributed by atoms with van der Waals surface area (Å²) in [6.07, 6.45) is 0. The van der Waals surface area contributed by atoms with Crippen LogP contribution in [0.5, 0.6) is 5.75 Å². The Hall–Kier alpha value is -3.40. The molecule has 0 aliphatic rings. The van der Waals surface area contributed by atoms with Gasteiger partial charge >= 0.3 is 5.97 Å². The van der Waals surface area contributed by atoms with Gasteiger partial charge in [0.05, 0.1) is 17.0 Å². The summed E-state index contributed by atoms with van der Waals surface area (Å²) in [6, 6.07) is 26.2. The summed E-state index contributed by atoms with van der Waals surface area (Å²) in [4.78, 5) is 12.1. The minimum Gasteiger partial charge on any atom is -0.423 e. The van der Waals surface area contributed by atoms with Crippen molar-refractivity contribution in [2.45, 2.75) is 6.92 Å². The minimum absolute atomic E-state index is 0.371. The van der Waals surface area contributed by atoms with Crippen LogP contribution in [-0.4, -0.2) is 18.7 Å². The van der Waals surface area contributed by atoms with E-state index in [0.717, 1.165) is 17.0 Å². The Morgan fingerprint density at radius 1 is 0.808 bits per heavy atom. The monoisotopic (exact) mass is 344 g/mol. The first kappa shape index (κ1) is 17.4. The average molecular weight is 344 g/mol. The molecular weight excluding hydrogens is 324 g/mol. The third kappa shape index (κ3) is 4.36. The molecule has 3 aromatic rings. The van der Waals surface area contributed by atoms with Crippen molar-refractivity contribution < 1.29 is 9.53 Å². The van der Waals surface area contributed by atoms with Gasteiger partial charge in [-0.25, -0.2) is 4.79 Å². The maximum absolute atomic E-state index is 12.1. The molecule has 0 saturated carbocycles. The Morgan fingerprint density at radius 3 is 1.92 bits per heavy atom. The molecule has 0 aliphatic carbocycles. The predicted octanol–water partition coefficient (Wildman–Crippen LogP) is 4.77. The lowest BCUT2D eigenvalue weighted by atomic mass is 10.1. The van der Waals surface area contributed by atoms with Crippen molar-refractivity contribution in [1.29, 1.82) is 0 Å². The van der Waals surface area contributed by atoms with E-state index in [1.165, 1.54) is 0 Å². The minimum atomic E-state index is -0.371. The number of esters is 1. The fourth-order valence-corrected chi connectivity index (χ4v) is 2.49. The Morgan fingerprint density at radius 2 is 1.35 bits per heavy atom. The van der Waals surface area contributed by atoms with Crippen LogP contribution < -0.4 is 9.75 Å². The van der Waals surface area contributed by atoms with Gasteiger partial charge in [0.1, 0.15) is 5.75 Å². The van der Waals surface area contributed by atoms with Crippen molar-refractivity contribution in [1.82, 2.24) is 0 Å². The number of nitrogens with zero attached hydrogens (tertiary/aromatic N) is 2. The van der Waals surface area contributed by atoms with Crippen LogP contribution >= 0.6 is 0 Å². The van der Waals surface area contributed by atoms with E-state index in [0.29, 0.717) is 11.3 Å². The summed E-state index contributed by atoms with van der Waals surface area (Å²) in [6.45, 7) is 1.97. The molecule has 0 bridgehead atoms. The number of carbonyl (C=O) groups is 1. The summed E-state index contributed by atoms with van der Waals surface area (Å²) >= 11 is 0. The third-order valence-electron chi connectivity index (χ3n) is 3.92. The normalized spacial score (nSPS) is 11.1. The number of carbonyl (C=O) groups excluding carboxylic acids is 1. The highest BCUT2D eigenvalue weighted by Gasteiger charge is 2.08. The number of hydrogen-bond donors (Lipinski definition) is 0. The summed E-state index contributed by atoms with van der Waals surface area (Å²) in [5.41, 5.74) is 3.43. The fraction of sp³-hybridized carbons (Fsp3) is 0.0909. The lowest BCUT2D eigenvalue weighted by Gasteiger charge is -2.15. The van der Waals surface area contributed by atoms with Crippen molar-refractivity contribution in [2.24, 2.45) is 5.10 Å². The van der Waals surface area contributed by atoms with E-state index in [9.17, 15) is 4.79 Å². The fourth-order valence-electron chi connectivity index (χ4n) is 2.49. The Kier molecular flexibility index (Phi) is 5.44. The smallest absolute Gasteiger partial charge is 0.343 e. The zero-order valence-electron chi connectivity index (χ0n) is 14.8. The maximum Gasteiger partial charge on any atom is 0.343 e. The highest BCUT2D eigenvalue weighted by Crippen LogP contribution is 2.20. The quantitative estimate of drug-likeness (QED) is 0.290. The molecule has 3 rings (SSSR count). The molecule has 3 aromatic carbocycles. The van der Waals surface area contributed by atoms with Gasteiger partial charge in [-0.1, -0.05) is 48.5 Å². The van der Waals surface area contributed by atoms with Gasteiger partial charge in [0, 0.05) is 7.05 Å². The highest BCUT2D eigenvalue weighted by atomic mass is 16.5. The Balaban J connectivity index is 1.68. The molecule has 0 saturated heterocycles. The van der Waals surface area contributed by atoms with Gasteiger partial charge < -0.3 is 4.74 Å². The van der Waals surface area contributed by atoms with Crippen molar-refractivity contribution >= 4 is 17.4 Å².